The summed E-state index contributed by atoms with van der Waals surface area (Å²) in [6, 6.07) is 14.2. The molecule has 196 valence electrons. The average molecular weight is 548 g/mol. The summed E-state index contributed by atoms with van der Waals surface area (Å²) in [6.45, 7) is 0. The van der Waals surface area contributed by atoms with Crippen molar-refractivity contribution in [3.63, 3.8) is 0 Å². The van der Waals surface area contributed by atoms with Crippen LogP contribution in [0, 0.1) is 22.9 Å². The van der Waals surface area contributed by atoms with Crippen LogP contribution in [0.3, 0.4) is 0 Å². The normalized spacial score (nSPS) is 14.8. The second-order valence-electron chi connectivity index (χ2n) is 8.08. The Kier molecular flexibility index (Phi) is 6.31. The summed E-state index contributed by atoms with van der Waals surface area (Å²) in [5, 5.41) is 18.7. The van der Waals surface area contributed by atoms with Gasteiger partial charge in [-0.3, -0.25) is 0 Å². The van der Waals surface area contributed by atoms with Gasteiger partial charge in [0.2, 0.25) is 12.4 Å². The number of nitrogens with zero attached hydrogens (tertiary/aromatic N) is 8. The zero-order valence-corrected chi connectivity index (χ0v) is 19.6. The van der Waals surface area contributed by atoms with Gasteiger partial charge in [-0.2, -0.15) is 46.9 Å². The predicted molar refractivity (Wildman–Crippen MR) is 127 cm³/mol. The summed E-state index contributed by atoms with van der Waals surface area (Å²) >= 11 is 0. The molecule has 2 aromatic carbocycles. The molecule has 0 fully saturated rings. The van der Waals surface area contributed by atoms with Crippen LogP contribution in [0.15, 0.2) is 70.6 Å². The molecule has 4 aromatic rings. The molecule has 1 aliphatic rings. The van der Waals surface area contributed by atoms with Gasteiger partial charge in [-0.1, -0.05) is 60.7 Å². The maximum atomic E-state index is 14.2. The van der Waals surface area contributed by atoms with Crippen molar-refractivity contribution in [2.24, 2.45) is 9.98 Å². The van der Waals surface area contributed by atoms with Crippen molar-refractivity contribution in [3.05, 3.63) is 94.8 Å². The van der Waals surface area contributed by atoms with Crippen LogP contribution in [0.4, 0.5) is 26.3 Å². The first-order chi connectivity index (χ1) is 19.0. The summed E-state index contributed by atoms with van der Waals surface area (Å²) in [5.41, 5.74) is -7.87. The van der Waals surface area contributed by atoms with Crippen LogP contribution in [0.2, 0.25) is 0 Å². The van der Waals surface area contributed by atoms with Crippen molar-refractivity contribution in [1.29, 1.82) is 10.5 Å². The number of rotatable bonds is 2. The fraction of sp³-hybridized carbons (Fsp3) is 0.0769. The lowest BCUT2D eigenvalue weighted by Gasteiger charge is -2.23. The number of aliphatic imine (C=N–C) groups is 2. The molecule has 0 atom stereocenters. The van der Waals surface area contributed by atoms with E-state index in [1.54, 1.807) is 12.1 Å². The summed E-state index contributed by atoms with van der Waals surface area (Å²) in [6.07, 6.45) is -7.25. The molecule has 0 bridgehead atoms. The van der Waals surface area contributed by atoms with E-state index in [1.165, 1.54) is 60.9 Å². The first kappa shape index (κ1) is 26.1. The number of hydrogen-bond donors (Lipinski definition) is 0. The molecule has 0 saturated heterocycles. The molecule has 8 nitrogen and oxygen atoms in total. The van der Waals surface area contributed by atoms with Gasteiger partial charge in [0, 0.05) is 11.1 Å². The Bertz CT molecular complexity index is 1650. The van der Waals surface area contributed by atoms with Gasteiger partial charge in [0.15, 0.2) is 11.4 Å². The summed E-state index contributed by atoms with van der Waals surface area (Å²) in [7, 11) is 0. The minimum absolute atomic E-state index is 0.0208. The molecule has 0 spiro atoms. The molecule has 0 unspecified atom stereocenters. The molecular formula is C26H10F6N8. The maximum Gasteiger partial charge on any atom is 0.435 e. The molecule has 0 aliphatic heterocycles. The van der Waals surface area contributed by atoms with Crippen molar-refractivity contribution in [3.8, 4) is 34.9 Å². The van der Waals surface area contributed by atoms with E-state index in [0.717, 1.165) is 0 Å². The molecule has 40 heavy (non-hydrogen) atoms. The molecule has 2 aromatic heterocycles. The third kappa shape index (κ3) is 4.52. The largest absolute Gasteiger partial charge is 0.435 e. The van der Waals surface area contributed by atoms with Crippen LogP contribution in [0.5, 0.6) is 0 Å². The highest BCUT2D eigenvalue weighted by molar-refractivity contribution is 6.29. The van der Waals surface area contributed by atoms with Gasteiger partial charge in [0.25, 0.3) is 0 Å². The molecule has 0 amide bonds. The zero-order chi connectivity index (χ0) is 28.7. The van der Waals surface area contributed by atoms with E-state index in [2.05, 4.69) is 29.9 Å². The van der Waals surface area contributed by atoms with Crippen LogP contribution in [-0.2, 0) is 12.4 Å². The lowest BCUT2D eigenvalue weighted by Crippen LogP contribution is -2.31. The second-order valence-corrected chi connectivity index (χ2v) is 8.08. The number of aromatic nitrogens is 4. The topological polar surface area (TPSA) is 124 Å². The van der Waals surface area contributed by atoms with Gasteiger partial charge < -0.3 is 0 Å². The van der Waals surface area contributed by atoms with E-state index < -0.39 is 69.3 Å². The van der Waals surface area contributed by atoms with Crippen molar-refractivity contribution in [2.45, 2.75) is 12.4 Å². The van der Waals surface area contributed by atoms with Crippen molar-refractivity contribution >= 4 is 11.4 Å². The smallest absolute Gasteiger partial charge is 0.241 e. The highest BCUT2D eigenvalue weighted by Crippen LogP contribution is 2.40. The monoisotopic (exact) mass is 548 g/mol. The Labute approximate surface area is 220 Å². The minimum atomic E-state index is -5.04. The molecule has 2 heterocycles. The van der Waals surface area contributed by atoms with Crippen LogP contribution >= 0.6 is 0 Å². The Balaban J connectivity index is 1.91. The fourth-order valence-corrected chi connectivity index (χ4v) is 4.06. The Morgan fingerprint density at radius 3 is 1.12 bits per heavy atom. The van der Waals surface area contributed by atoms with Crippen LogP contribution in [0.25, 0.3) is 22.5 Å². The second kappa shape index (κ2) is 9.67. The van der Waals surface area contributed by atoms with Crippen LogP contribution in [0.1, 0.15) is 34.2 Å². The molecular weight excluding hydrogens is 538 g/mol. The van der Waals surface area contributed by atoms with E-state index in [9.17, 15) is 36.9 Å². The SMILES string of the molecule is N#CN=C1c2nc(-c3ccccc3)c(C(F)(F)F)nc2C(=NC#N)c2nc(-c3ccccc3)c(C(F)(F)F)nc21. The number of hydrogen-bond acceptors (Lipinski definition) is 8. The fourth-order valence-electron chi connectivity index (χ4n) is 4.06. The van der Waals surface area contributed by atoms with Crippen molar-refractivity contribution in [1.82, 2.24) is 19.9 Å². The number of nitriles is 2. The van der Waals surface area contributed by atoms with E-state index in [0.29, 0.717) is 0 Å². The summed E-state index contributed by atoms with van der Waals surface area (Å²) in [5.74, 6) is 0. The van der Waals surface area contributed by atoms with E-state index in [-0.39, 0.29) is 11.1 Å². The quantitative estimate of drug-likeness (QED) is 0.209. The van der Waals surface area contributed by atoms with Gasteiger partial charge in [-0.15, -0.1) is 0 Å². The predicted octanol–water partition coefficient (Wildman–Crippen LogP) is 5.59. The Hall–Kier alpha value is -5.50. The van der Waals surface area contributed by atoms with Gasteiger partial charge in [0.1, 0.15) is 45.6 Å². The van der Waals surface area contributed by atoms with E-state index in [4.69, 9.17) is 0 Å². The van der Waals surface area contributed by atoms with Crippen LogP contribution < -0.4 is 0 Å². The summed E-state index contributed by atoms with van der Waals surface area (Å²) in [4.78, 5) is 22.6. The first-order valence-corrected chi connectivity index (χ1v) is 11.1. The molecule has 0 saturated carbocycles. The van der Waals surface area contributed by atoms with Gasteiger partial charge in [-0.25, -0.2) is 19.9 Å². The van der Waals surface area contributed by atoms with Gasteiger partial charge in [0.05, 0.1) is 0 Å². The zero-order valence-electron chi connectivity index (χ0n) is 19.6. The summed E-state index contributed by atoms with van der Waals surface area (Å²) < 4.78 is 85.1. The lowest BCUT2D eigenvalue weighted by atomic mass is 9.93. The van der Waals surface area contributed by atoms with Gasteiger partial charge in [-0.05, 0) is 0 Å². The van der Waals surface area contributed by atoms with Crippen molar-refractivity contribution in [2.75, 3.05) is 0 Å². The first-order valence-electron chi connectivity index (χ1n) is 11.1. The maximum absolute atomic E-state index is 14.2. The third-order valence-electron chi connectivity index (χ3n) is 5.64. The van der Waals surface area contributed by atoms with E-state index >= 15 is 0 Å². The lowest BCUT2D eigenvalue weighted by molar-refractivity contribution is -0.141. The number of halogens is 6. The minimum Gasteiger partial charge on any atom is -0.241 e. The Morgan fingerprint density at radius 2 is 0.825 bits per heavy atom. The number of benzene rings is 2. The van der Waals surface area contributed by atoms with Crippen molar-refractivity contribution < 1.29 is 26.3 Å². The Morgan fingerprint density at radius 1 is 0.500 bits per heavy atom. The third-order valence-corrected chi connectivity index (χ3v) is 5.64. The van der Waals surface area contributed by atoms with Gasteiger partial charge >= 0.3 is 12.4 Å². The highest BCUT2D eigenvalue weighted by Gasteiger charge is 2.44. The molecule has 0 radical (unpaired) electrons. The number of fused-ring (bicyclic) bond motifs is 2. The molecule has 14 heteroatoms. The standard InChI is InChI=1S/C26H10F6N8/c27-25(28,29)23-15(13-7-3-1-4-8-13)37-19-17(35-11-33)22-20(18(36-12-34)21(19)39-23)38-16(14-9-5-2-6-10-14)24(40-22)26(30,31)32/h1-10H. The number of alkyl halides is 6. The average Bonchev–Trinajstić information content (AvgIpc) is 2.93. The molecule has 5 rings (SSSR count). The van der Waals surface area contributed by atoms with Crippen LogP contribution in [-0.4, -0.2) is 31.4 Å². The molecule has 0 N–H and O–H groups in total. The highest BCUT2D eigenvalue weighted by atomic mass is 19.4. The molecule has 1 aliphatic carbocycles. The van der Waals surface area contributed by atoms with E-state index in [1.807, 2.05) is 0 Å².